The Bertz CT molecular complexity index is 1010. The summed E-state index contributed by atoms with van der Waals surface area (Å²) in [6, 6.07) is 13.4. The van der Waals surface area contributed by atoms with E-state index in [0.717, 1.165) is 20.9 Å². The summed E-state index contributed by atoms with van der Waals surface area (Å²) in [5.74, 6) is 0.710. The van der Waals surface area contributed by atoms with Gasteiger partial charge < -0.3 is 9.72 Å². The van der Waals surface area contributed by atoms with E-state index in [0.29, 0.717) is 17.0 Å². The molecule has 0 saturated heterocycles. The average molecular weight is 336 g/mol. The molecule has 120 valence electrons. The Labute approximate surface area is 144 Å². The Kier molecular flexibility index (Phi) is 4.24. The van der Waals surface area contributed by atoms with E-state index < -0.39 is 0 Å². The summed E-state index contributed by atoms with van der Waals surface area (Å²) >= 11 is 1.66. The van der Waals surface area contributed by atoms with Crippen LogP contribution in [0.4, 0.5) is 0 Å². The van der Waals surface area contributed by atoms with Gasteiger partial charge in [0.1, 0.15) is 17.4 Å². The fourth-order valence-electron chi connectivity index (χ4n) is 2.73. The van der Waals surface area contributed by atoms with Gasteiger partial charge in [0.2, 0.25) is 0 Å². The lowest BCUT2D eigenvalue weighted by molar-refractivity contribution is 0.415. The van der Waals surface area contributed by atoms with Crippen LogP contribution in [0.2, 0.25) is 0 Å². The largest absolute Gasteiger partial charge is 0.497 e. The first-order valence-corrected chi connectivity index (χ1v) is 8.24. The van der Waals surface area contributed by atoms with Crippen LogP contribution in [0.1, 0.15) is 15.3 Å². The van der Waals surface area contributed by atoms with Gasteiger partial charge in [0, 0.05) is 26.6 Å². The Morgan fingerprint density at radius 3 is 2.58 bits per heavy atom. The van der Waals surface area contributed by atoms with Crippen molar-refractivity contribution in [2.24, 2.45) is 0 Å². The van der Waals surface area contributed by atoms with Crippen molar-refractivity contribution >= 4 is 11.3 Å². The molecule has 0 aliphatic heterocycles. The number of hydrogen-bond acceptors (Lipinski definition) is 4. The number of ether oxygens (including phenoxy) is 1. The van der Waals surface area contributed by atoms with Crippen LogP contribution in [0.15, 0.2) is 41.2 Å². The number of pyridine rings is 1. The molecule has 0 unspecified atom stereocenters. The standard InChI is InChI=1S/C19H16N2O2S/c1-11-7-15(12(2)24-11)16-9-18(21-19(22)17(16)10-20)13-5-4-6-14(8-13)23-3/h4-9H,1-3H3,(H,21,22). The van der Waals surface area contributed by atoms with Gasteiger partial charge in [0.25, 0.3) is 5.56 Å². The molecule has 1 N–H and O–H groups in total. The van der Waals surface area contributed by atoms with E-state index in [1.807, 2.05) is 56.3 Å². The molecule has 0 amide bonds. The maximum atomic E-state index is 12.4. The number of nitrogens with one attached hydrogen (secondary N) is 1. The molecule has 0 radical (unpaired) electrons. The first-order valence-electron chi connectivity index (χ1n) is 7.42. The average Bonchev–Trinajstić information content (AvgIpc) is 2.92. The number of methoxy groups -OCH3 is 1. The molecule has 24 heavy (non-hydrogen) atoms. The Hall–Kier alpha value is -2.84. The zero-order valence-electron chi connectivity index (χ0n) is 13.6. The van der Waals surface area contributed by atoms with Crippen molar-refractivity contribution in [3.63, 3.8) is 0 Å². The lowest BCUT2D eigenvalue weighted by atomic mass is 9.99. The van der Waals surface area contributed by atoms with Crippen LogP contribution in [0.5, 0.6) is 5.75 Å². The van der Waals surface area contributed by atoms with Crippen LogP contribution in [-0.2, 0) is 0 Å². The van der Waals surface area contributed by atoms with Gasteiger partial charge >= 0.3 is 0 Å². The maximum absolute atomic E-state index is 12.4. The highest BCUT2D eigenvalue weighted by atomic mass is 32.1. The lowest BCUT2D eigenvalue weighted by Gasteiger charge is -2.09. The Balaban J connectivity index is 2.26. The third-order valence-electron chi connectivity index (χ3n) is 3.86. The van der Waals surface area contributed by atoms with Gasteiger partial charge in [-0.3, -0.25) is 4.79 Å². The normalized spacial score (nSPS) is 10.4. The number of aromatic nitrogens is 1. The van der Waals surface area contributed by atoms with Crippen LogP contribution in [0, 0.1) is 25.2 Å². The lowest BCUT2D eigenvalue weighted by Crippen LogP contribution is -2.12. The number of aryl methyl sites for hydroxylation is 2. The molecular weight excluding hydrogens is 320 g/mol. The molecule has 0 saturated carbocycles. The minimum atomic E-state index is -0.379. The topological polar surface area (TPSA) is 65.9 Å². The fraction of sp³-hybridized carbons (Fsp3) is 0.158. The number of H-pyrrole nitrogens is 1. The third-order valence-corrected chi connectivity index (χ3v) is 4.82. The molecule has 0 atom stereocenters. The van der Waals surface area contributed by atoms with Gasteiger partial charge in [0.15, 0.2) is 0 Å². The molecule has 3 rings (SSSR count). The molecule has 2 heterocycles. The summed E-state index contributed by atoms with van der Waals surface area (Å²) in [5, 5.41) is 9.42. The molecule has 2 aromatic heterocycles. The van der Waals surface area contributed by atoms with E-state index in [1.165, 1.54) is 0 Å². The predicted molar refractivity (Wildman–Crippen MR) is 96.6 cm³/mol. The molecule has 0 fully saturated rings. The number of benzene rings is 1. The summed E-state index contributed by atoms with van der Waals surface area (Å²) in [6.07, 6.45) is 0. The van der Waals surface area contributed by atoms with Crippen LogP contribution in [0.25, 0.3) is 22.4 Å². The van der Waals surface area contributed by atoms with Gasteiger partial charge in [-0.1, -0.05) is 12.1 Å². The van der Waals surface area contributed by atoms with E-state index in [-0.39, 0.29) is 11.1 Å². The van der Waals surface area contributed by atoms with Crippen LogP contribution in [-0.4, -0.2) is 12.1 Å². The SMILES string of the molecule is COc1cccc(-c2cc(-c3cc(C)sc3C)c(C#N)c(=O)[nH]2)c1. The van der Waals surface area contributed by atoms with Gasteiger partial charge in [-0.25, -0.2) is 0 Å². The molecular formula is C19H16N2O2S. The van der Waals surface area contributed by atoms with Crippen molar-refractivity contribution in [1.82, 2.24) is 4.98 Å². The van der Waals surface area contributed by atoms with Gasteiger partial charge in [-0.05, 0) is 43.7 Å². The number of rotatable bonds is 3. The highest BCUT2D eigenvalue weighted by molar-refractivity contribution is 7.12. The van der Waals surface area contributed by atoms with E-state index in [2.05, 4.69) is 4.98 Å². The summed E-state index contributed by atoms with van der Waals surface area (Å²) in [5.41, 5.74) is 2.86. The van der Waals surface area contributed by atoms with Crippen LogP contribution < -0.4 is 10.3 Å². The smallest absolute Gasteiger partial charge is 0.266 e. The van der Waals surface area contributed by atoms with Crippen molar-refractivity contribution in [3.05, 3.63) is 62.1 Å². The monoisotopic (exact) mass is 336 g/mol. The van der Waals surface area contributed by atoms with Crippen molar-refractivity contribution in [3.8, 4) is 34.2 Å². The zero-order chi connectivity index (χ0) is 17.3. The molecule has 5 heteroatoms. The molecule has 0 aliphatic carbocycles. The van der Waals surface area contributed by atoms with Crippen molar-refractivity contribution < 1.29 is 4.74 Å². The number of aromatic amines is 1. The number of thiophene rings is 1. The van der Waals surface area contributed by atoms with Crippen molar-refractivity contribution in [2.75, 3.05) is 7.11 Å². The first kappa shape index (κ1) is 16.0. The highest BCUT2D eigenvalue weighted by Crippen LogP contribution is 2.33. The maximum Gasteiger partial charge on any atom is 0.266 e. The zero-order valence-corrected chi connectivity index (χ0v) is 14.5. The van der Waals surface area contributed by atoms with Gasteiger partial charge in [-0.2, -0.15) is 5.26 Å². The molecule has 4 nitrogen and oxygen atoms in total. The molecule has 0 bridgehead atoms. The second kappa shape index (κ2) is 6.34. The van der Waals surface area contributed by atoms with E-state index in [9.17, 15) is 10.1 Å². The van der Waals surface area contributed by atoms with Crippen molar-refractivity contribution in [2.45, 2.75) is 13.8 Å². The highest BCUT2D eigenvalue weighted by Gasteiger charge is 2.15. The van der Waals surface area contributed by atoms with Crippen LogP contribution in [0.3, 0.4) is 0 Å². The Morgan fingerprint density at radius 2 is 1.96 bits per heavy atom. The predicted octanol–water partition coefficient (Wildman–Crippen LogP) is 4.27. The van der Waals surface area contributed by atoms with Crippen LogP contribution >= 0.6 is 11.3 Å². The summed E-state index contributed by atoms with van der Waals surface area (Å²) < 4.78 is 5.25. The number of nitrogens with zero attached hydrogens (tertiary/aromatic N) is 1. The Morgan fingerprint density at radius 1 is 1.17 bits per heavy atom. The summed E-state index contributed by atoms with van der Waals surface area (Å²) in [7, 11) is 1.60. The second-order valence-corrected chi connectivity index (χ2v) is 6.93. The number of hydrogen-bond donors (Lipinski definition) is 1. The molecule has 1 aromatic carbocycles. The molecule has 3 aromatic rings. The minimum absolute atomic E-state index is 0.141. The number of nitriles is 1. The van der Waals surface area contributed by atoms with Crippen molar-refractivity contribution in [1.29, 1.82) is 5.26 Å². The third kappa shape index (κ3) is 2.84. The first-order chi connectivity index (χ1) is 11.5. The summed E-state index contributed by atoms with van der Waals surface area (Å²) in [4.78, 5) is 17.4. The van der Waals surface area contributed by atoms with Gasteiger partial charge in [-0.15, -0.1) is 11.3 Å². The van der Waals surface area contributed by atoms with E-state index in [1.54, 1.807) is 18.4 Å². The molecule has 0 spiro atoms. The fourth-order valence-corrected chi connectivity index (χ4v) is 3.67. The second-order valence-electron chi connectivity index (χ2n) is 5.47. The minimum Gasteiger partial charge on any atom is -0.497 e. The summed E-state index contributed by atoms with van der Waals surface area (Å²) in [6.45, 7) is 4.02. The van der Waals surface area contributed by atoms with Gasteiger partial charge in [0.05, 0.1) is 7.11 Å². The molecule has 0 aliphatic rings. The van der Waals surface area contributed by atoms with E-state index >= 15 is 0 Å². The quantitative estimate of drug-likeness (QED) is 0.777. The van der Waals surface area contributed by atoms with E-state index in [4.69, 9.17) is 4.74 Å².